The van der Waals surface area contributed by atoms with Crippen LogP contribution in [0.3, 0.4) is 0 Å². The third-order valence-electron chi connectivity index (χ3n) is 12.4. The zero-order chi connectivity index (χ0) is 41.3. The monoisotopic (exact) mass is 770 g/mol. The number of nitrogens with one attached hydrogen (secondary N) is 1. The molecule has 1 fully saturated rings. The van der Waals surface area contributed by atoms with E-state index in [1.54, 1.807) is 6.92 Å². The molecule has 6 aliphatic rings. The summed E-state index contributed by atoms with van der Waals surface area (Å²) in [5.41, 5.74) is 18.4. The summed E-state index contributed by atoms with van der Waals surface area (Å²) in [5.74, 6) is 0.0492. The van der Waals surface area contributed by atoms with Crippen LogP contribution in [0, 0.1) is 11.8 Å². The van der Waals surface area contributed by atoms with Crippen molar-refractivity contribution in [3.63, 3.8) is 0 Å². The van der Waals surface area contributed by atoms with Crippen LogP contribution >= 0.6 is 0 Å². The smallest absolute Gasteiger partial charge is 0.306 e. The van der Waals surface area contributed by atoms with Crippen LogP contribution in [0.2, 0.25) is 0 Å². The number of aliphatic hydroxyl groups excluding tert-OH is 2. The molecule has 8 nitrogen and oxygen atoms in total. The van der Waals surface area contributed by atoms with Crippen molar-refractivity contribution in [2.75, 3.05) is 6.61 Å². The van der Waals surface area contributed by atoms with Gasteiger partial charge in [-0.1, -0.05) is 42.7 Å². The number of hydrogen-bond donors (Lipinski definition) is 3. The molecular weight excluding hydrogens is 709 g/mol. The highest BCUT2D eigenvalue weighted by atomic mass is 16.5. The van der Waals surface area contributed by atoms with Gasteiger partial charge in [-0.05, 0) is 147 Å². The maximum absolute atomic E-state index is 13.3. The van der Waals surface area contributed by atoms with Gasteiger partial charge in [-0.15, -0.1) is 0 Å². The summed E-state index contributed by atoms with van der Waals surface area (Å²) in [6.07, 6.45) is 16.0. The summed E-state index contributed by atoms with van der Waals surface area (Å²) in [7, 11) is 0. The number of hydrogen-bond acceptors (Lipinski definition) is 8. The number of aliphatic imine (C=N–C) groups is 3. The maximum atomic E-state index is 13.3. The number of carbonyl (C=O) groups is 1. The molecule has 302 valence electrons. The average Bonchev–Trinajstić information content (AvgIpc) is 3.91. The number of ether oxygens (including phenoxy) is 1. The summed E-state index contributed by atoms with van der Waals surface area (Å²) in [4.78, 5) is 28.7. The van der Waals surface area contributed by atoms with Gasteiger partial charge in [0.2, 0.25) is 0 Å². The Morgan fingerprint density at radius 3 is 2.26 bits per heavy atom. The van der Waals surface area contributed by atoms with Crippen LogP contribution in [0.4, 0.5) is 0 Å². The van der Waals surface area contributed by atoms with E-state index in [-0.39, 0.29) is 30.8 Å². The van der Waals surface area contributed by atoms with Gasteiger partial charge in [0.05, 0.1) is 40.3 Å². The Morgan fingerprint density at radius 1 is 0.877 bits per heavy atom. The van der Waals surface area contributed by atoms with Crippen molar-refractivity contribution in [1.29, 1.82) is 0 Å². The highest BCUT2D eigenvalue weighted by Gasteiger charge is 2.42. The Hall–Kier alpha value is -4.82. The van der Waals surface area contributed by atoms with Crippen LogP contribution in [0.25, 0.3) is 0 Å². The summed E-state index contributed by atoms with van der Waals surface area (Å²) < 4.78 is 5.76. The lowest BCUT2D eigenvalue weighted by atomic mass is 9.85. The second-order valence-corrected chi connectivity index (χ2v) is 16.8. The van der Waals surface area contributed by atoms with Crippen molar-refractivity contribution in [3.8, 4) is 0 Å². The van der Waals surface area contributed by atoms with Crippen molar-refractivity contribution < 1.29 is 19.7 Å². The van der Waals surface area contributed by atoms with Gasteiger partial charge in [-0.2, -0.15) is 0 Å². The molecular formula is C49H62N4O4. The van der Waals surface area contributed by atoms with Crippen LogP contribution in [-0.2, 0) is 9.53 Å². The molecule has 0 aromatic carbocycles. The summed E-state index contributed by atoms with van der Waals surface area (Å²) >= 11 is 0. The van der Waals surface area contributed by atoms with Gasteiger partial charge < -0.3 is 20.3 Å². The lowest BCUT2D eigenvalue weighted by Gasteiger charge is -2.18. The highest BCUT2D eigenvalue weighted by Crippen LogP contribution is 2.47. The molecule has 0 amide bonds. The number of rotatable bonds is 13. The van der Waals surface area contributed by atoms with E-state index in [1.165, 1.54) is 16.7 Å². The molecule has 1 aliphatic carbocycles. The van der Waals surface area contributed by atoms with E-state index in [4.69, 9.17) is 19.7 Å². The Kier molecular flexibility index (Phi) is 12.7. The SMILES string of the molecule is CCC1=C(C)C2=NC1=CC1=C(C)C3=C(O)CC(=C4NC(=C(C)C5=NC(=C2)C(C(C)O)=C5C)[C@@H](C)[C@@H]4CCC(=O)OC/C=C(\C)CC/C=C(\C)CCC=C(C)C)C3=N1. The van der Waals surface area contributed by atoms with Crippen molar-refractivity contribution in [1.82, 2.24) is 5.32 Å². The van der Waals surface area contributed by atoms with E-state index in [0.717, 1.165) is 122 Å². The molecule has 5 aliphatic heterocycles. The zero-order valence-corrected chi connectivity index (χ0v) is 36.0. The summed E-state index contributed by atoms with van der Waals surface area (Å²) in [6.45, 7) is 23.2. The average molecular weight is 771 g/mol. The van der Waals surface area contributed by atoms with Crippen LogP contribution in [0.1, 0.15) is 128 Å². The molecule has 0 saturated carbocycles. The predicted molar refractivity (Wildman–Crippen MR) is 234 cm³/mol. The van der Waals surface area contributed by atoms with Crippen molar-refractivity contribution in [2.24, 2.45) is 26.8 Å². The highest BCUT2D eigenvalue weighted by molar-refractivity contribution is 6.21. The number of carbonyl (C=O) groups excluding carboxylic acids is 1. The van der Waals surface area contributed by atoms with Crippen LogP contribution in [0.15, 0.2) is 141 Å². The van der Waals surface area contributed by atoms with Crippen molar-refractivity contribution >= 4 is 23.1 Å². The topological polar surface area (TPSA) is 116 Å². The second-order valence-electron chi connectivity index (χ2n) is 16.8. The van der Waals surface area contributed by atoms with E-state index in [2.05, 4.69) is 72.9 Å². The molecule has 6 rings (SSSR count). The third kappa shape index (κ3) is 8.57. The molecule has 8 bridgehead atoms. The van der Waals surface area contributed by atoms with Gasteiger partial charge in [0.1, 0.15) is 12.4 Å². The standard InChI is InChI=1S/C49H62N4O4/c1-12-35-29(6)38-25-41-44(34(11)54)32(9)47(52-41)33(10)46-30(7)36(19-20-43(56)57-22-21-28(5)18-14-17-27(4)16-13-15-26(2)3)48(53-46)37-23-42(55)45-31(8)39(51-49(37)45)24-40(35)50-38/h15,17,21,24-25,30,34,36,53-55H,12-14,16,18-20,22-23H2,1-11H3/b27-17+,28-21+,40-24?,41-25?,46-33?,48-37?/t30-,34?,36-/m0/s1. The molecule has 57 heavy (non-hydrogen) atoms. The molecule has 0 aromatic heterocycles. The van der Waals surface area contributed by atoms with Crippen LogP contribution in [0.5, 0.6) is 0 Å². The molecule has 3 atom stereocenters. The first-order valence-corrected chi connectivity index (χ1v) is 20.9. The normalized spacial score (nSPS) is 22.7. The Labute approximate surface area is 340 Å². The van der Waals surface area contributed by atoms with Gasteiger partial charge in [0.25, 0.3) is 0 Å². The minimum Gasteiger partial charge on any atom is -0.511 e. The third-order valence-corrected chi connectivity index (χ3v) is 12.4. The van der Waals surface area contributed by atoms with Gasteiger partial charge in [0, 0.05) is 52.8 Å². The Balaban J connectivity index is 1.29. The Bertz CT molecular complexity index is 2210. The molecule has 5 heterocycles. The van der Waals surface area contributed by atoms with Crippen molar-refractivity contribution in [2.45, 2.75) is 134 Å². The number of allylic oxidation sites excluding steroid dienone is 16. The van der Waals surface area contributed by atoms with E-state index < -0.39 is 6.10 Å². The molecule has 0 radical (unpaired) electrons. The maximum Gasteiger partial charge on any atom is 0.306 e. The fourth-order valence-electron chi connectivity index (χ4n) is 9.04. The van der Waals surface area contributed by atoms with E-state index in [9.17, 15) is 15.0 Å². The van der Waals surface area contributed by atoms with Gasteiger partial charge in [-0.25, -0.2) is 15.0 Å². The molecule has 8 heteroatoms. The minimum atomic E-state index is -0.721. The molecule has 3 N–H and O–H groups in total. The van der Waals surface area contributed by atoms with E-state index in [0.29, 0.717) is 18.6 Å². The van der Waals surface area contributed by atoms with Gasteiger partial charge in [0.15, 0.2) is 0 Å². The van der Waals surface area contributed by atoms with Crippen LogP contribution < -0.4 is 5.32 Å². The molecule has 1 unspecified atom stereocenters. The number of aliphatic hydroxyl groups is 2. The predicted octanol–water partition coefficient (Wildman–Crippen LogP) is 11.2. The quantitative estimate of drug-likeness (QED) is 0.127. The van der Waals surface area contributed by atoms with E-state index >= 15 is 0 Å². The molecule has 0 aromatic rings. The van der Waals surface area contributed by atoms with Gasteiger partial charge in [-0.3, -0.25) is 4.79 Å². The molecule has 0 spiro atoms. The minimum absolute atomic E-state index is 0.0108. The number of esters is 1. The fraction of sp³-hybridized carbons (Fsp3) is 0.469. The van der Waals surface area contributed by atoms with Gasteiger partial charge >= 0.3 is 5.97 Å². The fourth-order valence-corrected chi connectivity index (χ4v) is 9.04. The van der Waals surface area contributed by atoms with Crippen molar-refractivity contribution in [3.05, 3.63) is 126 Å². The summed E-state index contributed by atoms with van der Waals surface area (Å²) in [5, 5.41) is 26.3. The van der Waals surface area contributed by atoms with E-state index in [1.807, 2.05) is 32.1 Å². The zero-order valence-electron chi connectivity index (χ0n) is 36.0. The second kappa shape index (κ2) is 17.4. The number of fused-ring (bicyclic) bond motifs is 5. The summed E-state index contributed by atoms with van der Waals surface area (Å²) in [6, 6.07) is 0. The first kappa shape index (κ1) is 41.8. The largest absolute Gasteiger partial charge is 0.511 e. The lowest BCUT2D eigenvalue weighted by molar-refractivity contribution is -0.142. The Morgan fingerprint density at radius 2 is 1.58 bits per heavy atom. The number of nitrogens with zero attached hydrogens (tertiary/aromatic N) is 3. The first-order chi connectivity index (χ1) is 27.1. The molecule has 1 saturated heterocycles. The van der Waals surface area contributed by atoms with Crippen LogP contribution in [-0.4, -0.2) is 46.0 Å². The lowest BCUT2D eigenvalue weighted by Crippen LogP contribution is -2.16. The first-order valence-electron chi connectivity index (χ1n) is 20.9.